The van der Waals surface area contributed by atoms with Gasteiger partial charge in [-0.2, -0.15) is 4.31 Å². The van der Waals surface area contributed by atoms with Gasteiger partial charge >= 0.3 is 0 Å². The number of hydrogen-bond acceptors (Lipinski definition) is 2. The maximum Gasteiger partial charge on any atom is 0.243 e. The molecule has 0 aromatic heterocycles. The van der Waals surface area contributed by atoms with Crippen molar-refractivity contribution in [3.8, 4) is 0 Å². The summed E-state index contributed by atoms with van der Waals surface area (Å²) in [5.74, 6) is 0. The van der Waals surface area contributed by atoms with E-state index < -0.39 is 22.2 Å². The van der Waals surface area contributed by atoms with Gasteiger partial charge in [0.1, 0.15) is 6.17 Å². The van der Waals surface area contributed by atoms with Gasteiger partial charge in [0.2, 0.25) is 10.0 Å². The van der Waals surface area contributed by atoms with Gasteiger partial charge in [0.05, 0.1) is 21.0 Å². The van der Waals surface area contributed by atoms with E-state index in [9.17, 15) is 12.8 Å². The minimum absolute atomic E-state index is 0.0397. The molecule has 2 atom stereocenters. The van der Waals surface area contributed by atoms with Gasteiger partial charge < -0.3 is 0 Å². The number of nitrogens with zero attached hydrogens (tertiary/aromatic N) is 1. The fourth-order valence-corrected chi connectivity index (χ4v) is 4.04. The lowest BCUT2D eigenvalue weighted by Crippen LogP contribution is -2.36. The van der Waals surface area contributed by atoms with Gasteiger partial charge in [-0.1, -0.05) is 23.2 Å². The molecule has 0 bridgehead atoms. The fourth-order valence-electron chi connectivity index (χ4n) is 1.99. The molecular weight excluding hydrogens is 300 g/mol. The second kappa shape index (κ2) is 4.96. The number of hydrogen-bond donors (Lipinski definition) is 0. The monoisotopic (exact) mass is 311 g/mol. The summed E-state index contributed by atoms with van der Waals surface area (Å²) in [6, 6.07) is 3.44. The van der Waals surface area contributed by atoms with E-state index in [1.165, 1.54) is 18.2 Å². The van der Waals surface area contributed by atoms with Crippen molar-refractivity contribution in [1.82, 2.24) is 4.31 Å². The molecule has 7 heteroatoms. The summed E-state index contributed by atoms with van der Waals surface area (Å²) in [5, 5.41) is 0.454. The largest absolute Gasteiger partial charge is 0.246 e. The predicted octanol–water partition coefficient (Wildman–Crippen LogP) is 3.11. The zero-order valence-electron chi connectivity index (χ0n) is 9.61. The molecule has 0 saturated carbocycles. The predicted molar refractivity (Wildman–Crippen MR) is 69.3 cm³/mol. The van der Waals surface area contributed by atoms with E-state index in [4.69, 9.17) is 23.2 Å². The Kier molecular flexibility index (Phi) is 3.88. The Balaban J connectivity index is 2.39. The highest BCUT2D eigenvalue weighted by Crippen LogP contribution is 2.31. The molecular formula is C11H12Cl2FNO2S. The summed E-state index contributed by atoms with van der Waals surface area (Å²) in [6.07, 6.45) is -0.899. The van der Waals surface area contributed by atoms with Gasteiger partial charge in [-0.25, -0.2) is 12.8 Å². The van der Waals surface area contributed by atoms with Gasteiger partial charge in [-0.3, -0.25) is 0 Å². The Morgan fingerprint density at radius 3 is 2.50 bits per heavy atom. The minimum atomic E-state index is -3.71. The third-order valence-electron chi connectivity index (χ3n) is 3.10. The Morgan fingerprint density at radius 1 is 1.33 bits per heavy atom. The Morgan fingerprint density at radius 2 is 2.00 bits per heavy atom. The SMILES string of the molecule is C[C@@H]1[C@@H](F)CCN1S(=O)(=O)c1ccc(Cl)c(Cl)c1. The van der Waals surface area contributed by atoms with Crippen molar-refractivity contribution in [3.63, 3.8) is 0 Å². The quantitative estimate of drug-likeness (QED) is 0.841. The summed E-state index contributed by atoms with van der Waals surface area (Å²) in [4.78, 5) is 0.0397. The van der Waals surface area contributed by atoms with E-state index in [0.717, 1.165) is 4.31 Å². The van der Waals surface area contributed by atoms with Crippen LogP contribution < -0.4 is 0 Å². The normalized spacial score (nSPS) is 25.6. The molecule has 1 heterocycles. The van der Waals surface area contributed by atoms with Crippen LogP contribution in [0.2, 0.25) is 10.0 Å². The fraction of sp³-hybridized carbons (Fsp3) is 0.455. The lowest BCUT2D eigenvalue weighted by molar-refractivity contribution is 0.274. The first kappa shape index (κ1) is 14.1. The van der Waals surface area contributed by atoms with Gasteiger partial charge in [-0.05, 0) is 31.5 Å². The van der Waals surface area contributed by atoms with Crippen LogP contribution >= 0.6 is 23.2 Å². The first-order valence-electron chi connectivity index (χ1n) is 5.45. The Bertz CT molecular complexity index is 564. The van der Waals surface area contributed by atoms with Crippen LogP contribution in [0.4, 0.5) is 4.39 Å². The van der Waals surface area contributed by atoms with E-state index in [-0.39, 0.29) is 27.9 Å². The van der Waals surface area contributed by atoms with Crippen LogP contribution in [0.15, 0.2) is 23.1 Å². The number of halogens is 3. The third kappa shape index (κ3) is 2.37. The van der Waals surface area contributed by atoms with Crippen molar-refractivity contribution >= 4 is 33.2 Å². The molecule has 1 saturated heterocycles. The zero-order chi connectivity index (χ0) is 13.5. The summed E-state index contributed by atoms with van der Waals surface area (Å²) in [6.45, 7) is 1.75. The van der Waals surface area contributed by atoms with Crippen LogP contribution in [-0.4, -0.2) is 31.5 Å². The highest BCUT2D eigenvalue weighted by molar-refractivity contribution is 7.89. The van der Waals surface area contributed by atoms with E-state index in [2.05, 4.69) is 0 Å². The molecule has 0 radical (unpaired) electrons. The van der Waals surface area contributed by atoms with Gasteiger partial charge in [-0.15, -0.1) is 0 Å². The van der Waals surface area contributed by atoms with Crippen LogP contribution in [-0.2, 0) is 10.0 Å². The molecule has 1 aromatic rings. The van der Waals surface area contributed by atoms with Gasteiger partial charge in [0.25, 0.3) is 0 Å². The second-order valence-electron chi connectivity index (χ2n) is 4.24. The molecule has 0 N–H and O–H groups in total. The standard InChI is InChI=1S/C11H12Cl2FNO2S/c1-7-11(14)4-5-15(7)18(16,17)8-2-3-9(12)10(13)6-8/h2-3,6-7,11H,4-5H2,1H3/t7-,11+/m1/s1. The van der Waals surface area contributed by atoms with E-state index >= 15 is 0 Å². The second-order valence-corrected chi connectivity index (χ2v) is 6.94. The van der Waals surface area contributed by atoms with Crippen molar-refractivity contribution in [2.75, 3.05) is 6.54 Å². The van der Waals surface area contributed by atoms with Crippen LogP contribution in [0.1, 0.15) is 13.3 Å². The molecule has 1 aliphatic heterocycles. The van der Waals surface area contributed by atoms with Crippen molar-refractivity contribution in [3.05, 3.63) is 28.2 Å². The molecule has 100 valence electrons. The van der Waals surface area contributed by atoms with Gasteiger partial charge in [0.15, 0.2) is 0 Å². The molecule has 3 nitrogen and oxygen atoms in total. The highest BCUT2D eigenvalue weighted by atomic mass is 35.5. The smallest absolute Gasteiger partial charge is 0.243 e. The molecule has 18 heavy (non-hydrogen) atoms. The Labute approximate surface area is 116 Å². The molecule has 0 unspecified atom stereocenters. The van der Waals surface area contributed by atoms with E-state index in [1.54, 1.807) is 6.92 Å². The Hall–Kier alpha value is -0.360. The minimum Gasteiger partial charge on any atom is -0.246 e. The summed E-state index contributed by atoms with van der Waals surface area (Å²) >= 11 is 11.5. The lowest BCUT2D eigenvalue weighted by atomic mass is 10.2. The maximum absolute atomic E-state index is 13.4. The maximum atomic E-state index is 13.4. The molecule has 0 amide bonds. The van der Waals surface area contributed by atoms with E-state index in [0.29, 0.717) is 0 Å². The molecule has 2 rings (SSSR count). The molecule has 1 fully saturated rings. The lowest BCUT2D eigenvalue weighted by Gasteiger charge is -2.21. The topological polar surface area (TPSA) is 37.4 Å². The molecule has 0 aliphatic carbocycles. The van der Waals surface area contributed by atoms with Crippen molar-refractivity contribution < 1.29 is 12.8 Å². The summed E-state index contributed by atoms with van der Waals surface area (Å²) in [5.41, 5.74) is 0. The molecule has 1 aromatic carbocycles. The van der Waals surface area contributed by atoms with Crippen LogP contribution in [0.3, 0.4) is 0 Å². The van der Waals surface area contributed by atoms with Crippen LogP contribution in [0.5, 0.6) is 0 Å². The average Bonchev–Trinajstić information content (AvgIpc) is 2.64. The highest BCUT2D eigenvalue weighted by Gasteiger charge is 2.39. The number of rotatable bonds is 2. The van der Waals surface area contributed by atoms with Gasteiger partial charge in [0, 0.05) is 6.54 Å². The third-order valence-corrected chi connectivity index (χ3v) is 5.82. The van der Waals surface area contributed by atoms with Crippen molar-refractivity contribution in [1.29, 1.82) is 0 Å². The summed E-state index contributed by atoms with van der Waals surface area (Å²) in [7, 11) is -3.71. The molecule has 1 aliphatic rings. The number of benzene rings is 1. The van der Waals surface area contributed by atoms with Crippen molar-refractivity contribution in [2.45, 2.75) is 30.5 Å². The first-order valence-corrected chi connectivity index (χ1v) is 7.64. The van der Waals surface area contributed by atoms with Crippen LogP contribution in [0, 0.1) is 0 Å². The first-order chi connectivity index (χ1) is 8.34. The molecule has 0 spiro atoms. The summed E-state index contributed by atoms with van der Waals surface area (Å²) < 4.78 is 39.2. The number of sulfonamides is 1. The zero-order valence-corrected chi connectivity index (χ0v) is 11.9. The van der Waals surface area contributed by atoms with Crippen LogP contribution in [0.25, 0.3) is 0 Å². The van der Waals surface area contributed by atoms with E-state index in [1.807, 2.05) is 0 Å². The average molecular weight is 312 g/mol. The number of alkyl halides is 1. The van der Waals surface area contributed by atoms with Crippen molar-refractivity contribution in [2.24, 2.45) is 0 Å².